The standard InChI is InChI=1S/C16H16BrF2NO2/c1-21-15-7-11(5-12(17)16(15)22-2)9-20-8-10-3-4-13(18)14(19)6-10/h3-7,20H,8-9H2,1-2H3. The Morgan fingerprint density at radius 2 is 1.68 bits per heavy atom. The number of hydrogen-bond donors (Lipinski definition) is 1. The minimum absolute atomic E-state index is 0.434. The van der Waals surface area contributed by atoms with E-state index in [1.54, 1.807) is 20.3 Å². The van der Waals surface area contributed by atoms with E-state index in [1.165, 1.54) is 6.07 Å². The van der Waals surface area contributed by atoms with Crippen molar-refractivity contribution in [3.63, 3.8) is 0 Å². The molecule has 0 aliphatic rings. The van der Waals surface area contributed by atoms with Crippen molar-refractivity contribution in [1.82, 2.24) is 5.32 Å². The zero-order valence-electron chi connectivity index (χ0n) is 12.3. The summed E-state index contributed by atoms with van der Waals surface area (Å²) in [5, 5.41) is 3.17. The molecule has 0 fully saturated rings. The summed E-state index contributed by atoms with van der Waals surface area (Å²) in [6.07, 6.45) is 0. The summed E-state index contributed by atoms with van der Waals surface area (Å²) in [4.78, 5) is 0. The minimum atomic E-state index is -0.840. The van der Waals surface area contributed by atoms with Crippen LogP contribution in [0.3, 0.4) is 0 Å². The van der Waals surface area contributed by atoms with Gasteiger partial charge in [0.2, 0.25) is 0 Å². The molecule has 1 N–H and O–H groups in total. The Labute approximate surface area is 136 Å². The lowest BCUT2D eigenvalue weighted by molar-refractivity contribution is 0.352. The third-order valence-corrected chi connectivity index (χ3v) is 3.72. The summed E-state index contributed by atoms with van der Waals surface area (Å²) in [6.45, 7) is 0.987. The molecule has 0 saturated heterocycles. The molecule has 0 bridgehead atoms. The van der Waals surface area contributed by atoms with Crippen molar-refractivity contribution in [3.8, 4) is 11.5 Å². The first-order valence-electron chi connectivity index (χ1n) is 6.60. The molecule has 2 aromatic carbocycles. The molecule has 0 aliphatic heterocycles. The molecule has 0 radical (unpaired) electrons. The second-order valence-corrected chi connectivity index (χ2v) is 5.52. The van der Waals surface area contributed by atoms with Crippen molar-refractivity contribution in [2.75, 3.05) is 14.2 Å². The lowest BCUT2D eigenvalue weighted by atomic mass is 10.1. The van der Waals surface area contributed by atoms with E-state index in [9.17, 15) is 8.78 Å². The van der Waals surface area contributed by atoms with Crippen molar-refractivity contribution in [3.05, 3.63) is 57.6 Å². The molecule has 0 atom stereocenters. The maximum absolute atomic E-state index is 13.1. The van der Waals surface area contributed by atoms with Gasteiger partial charge in [0.25, 0.3) is 0 Å². The number of nitrogens with one attached hydrogen (secondary N) is 1. The first kappa shape index (κ1) is 16.7. The fraction of sp³-hybridized carbons (Fsp3) is 0.250. The van der Waals surface area contributed by atoms with Crippen LogP contribution in [0.1, 0.15) is 11.1 Å². The van der Waals surface area contributed by atoms with Gasteiger partial charge in [0, 0.05) is 13.1 Å². The number of rotatable bonds is 6. The van der Waals surface area contributed by atoms with Crippen LogP contribution < -0.4 is 14.8 Å². The largest absolute Gasteiger partial charge is 0.493 e. The Kier molecular flexibility index (Phi) is 5.74. The van der Waals surface area contributed by atoms with Crippen LogP contribution in [-0.2, 0) is 13.1 Å². The molecular weight excluding hydrogens is 356 g/mol. The lowest BCUT2D eigenvalue weighted by Gasteiger charge is -2.12. The summed E-state index contributed by atoms with van der Waals surface area (Å²) in [5.41, 5.74) is 1.66. The topological polar surface area (TPSA) is 30.5 Å². The van der Waals surface area contributed by atoms with Crippen LogP contribution in [0.25, 0.3) is 0 Å². The number of halogens is 3. The third kappa shape index (κ3) is 3.96. The van der Waals surface area contributed by atoms with E-state index in [0.717, 1.165) is 16.1 Å². The van der Waals surface area contributed by atoms with Gasteiger partial charge in [-0.25, -0.2) is 8.78 Å². The Morgan fingerprint density at radius 3 is 2.32 bits per heavy atom. The van der Waals surface area contributed by atoms with E-state index >= 15 is 0 Å². The van der Waals surface area contributed by atoms with Gasteiger partial charge in [0.15, 0.2) is 23.1 Å². The van der Waals surface area contributed by atoms with E-state index in [4.69, 9.17) is 9.47 Å². The second kappa shape index (κ2) is 7.56. The molecule has 22 heavy (non-hydrogen) atoms. The van der Waals surface area contributed by atoms with Crippen LogP contribution >= 0.6 is 15.9 Å². The quantitative estimate of drug-likeness (QED) is 0.831. The van der Waals surface area contributed by atoms with Crippen LogP contribution in [-0.4, -0.2) is 14.2 Å². The highest BCUT2D eigenvalue weighted by Gasteiger charge is 2.10. The molecule has 0 spiro atoms. The molecule has 0 heterocycles. The predicted molar refractivity (Wildman–Crippen MR) is 84.1 cm³/mol. The fourth-order valence-electron chi connectivity index (χ4n) is 2.07. The summed E-state index contributed by atoms with van der Waals surface area (Å²) in [5.74, 6) is -0.422. The van der Waals surface area contributed by atoms with Gasteiger partial charge in [-0.2, -0.15) is 0 Å². The average molecular weight is 372 g/mol. The summed E-state index contributed by atoms with van der Waals surface area (Å²) >= 11 is 3.43. The molecule has 0 aromatic heterocycles. The lowest BCUT2D eigenvalue weighted by Crippen LogP contribution is -2.13. The highest BCUT2D eigenvalue weighted by molar-refractivity contribution is 9.10. The summed E-state index contributed by atoms with van der Waals surface area (Å²) in [7, 11) is 3.15. The maximum Gasteiger partial charge on any atom is 0.174 e. The van der Waals surface area contributed by atoms with E-state index in [0.29, 0.717) is 30.2 Å². The predicted octanol–water partition coefficient (Wildman–Crippen LogP) is 4.03. The average Bonchev–Trinajstić information content (AvgIpc) is 2.50. The van der Waals surface area contributed by atoms with Crippen LogP contribution in [0.2, 0.25) is 0 Å². The van der Waals surface area contributed by atoms with E-state index < -0.39 is 11.6 Å². The SMILES string of the molecule is COc1cc(CNCc2ccc(F)c(F)c2)cc(Br)c1OC. The maximum atomic E-state index is 13.1. The van der Waals surface area contributed by atoms with Gasteiger partial charge >= 0.3 is 0 Å². The molecule has 2 rings (SSSR count). The van der Waals surface area contributed by atoms with Gasteiger partial charge in [-0.1, -0.05) is 6.07 Å². The highest BCUT2D eigenvalue weighted by atomic mass is 79.9. The smallest absolute Gasteiger partial charge is 0.174 e. The van der Waals surface area contributed by atoms with Crippen molar-refractivity contribution in [2.24, 2.45) is 0 Å². The van der Waals surface area contributed by atoms with Gasteiger partial charge in [0.05, 0.1) is 18.7 Å². The molecule has 6 heteroatoms. The molecular formula is C16H16BrF2NO2. The van der Waals surface area contributed by atoms with Gasteiger partial charge < -0.3 is 14.8 Å². The van der Waals surface area contributed by atoms with Gasteiger partial charge in [-0.15, -0.1) is 0 Å². The number of benzene rings is 2. The zero-order valence-corrected chi connectivity index (χ0v) is 13.8. The van der Waals surface area contributed by atoms with Gasteiger partial charge in [-0.3, -0.25) is 0 Å². The third-order valence-electron chi connectivity index (χ3n) is 3.14. The number of methoxy groups -OCH3 is 2. The van der Waals surface area contributed by atoms with Crippen LogP contribution in [0.15, 0.2) is 34.8 Å². The molecule has 3 nitrogen and oxygen atoms in total. The Bertz CT molecular complexity index is 665. The molecule has 0 unspecified atom stereocenters. The van der Waals surface area contributed by atoms with Gasteiger partial charge in [-0.05, 0) is 51.3 Å². The van der Waals surface area contributed by atoms with Crippen LogP contribution in [0.4, 0.5) is 8.78 Å². The summed E-state index contributed by atoms with van der Waals surface area (Å²) < 4.78 is 37.3. The van der Waals surface area contributed by atoms with Crippen molar-refractivity contribution in [1.29, 1.82) is 0 Å². The second-order valence-electron chi connectivity index (χ2n) is 4.67. The fourth-order valence-corrected chi connectivity index (χ4v) is 2.73. The Hall–Kier alpha value is -1.66. The van der Waals surface area contributed by atoms with Gasteiger partial charge in [0.1, 0.15) is 0 Å². The minimum Gasteiger partial charge on any atom is -0.493 e. The van der Waals surface area contributed by atoms with E-state index in [2.05, 4.69) is 21.2 Å². The van der Waals surface area contributed by atoms with Crippen molar-refractivity contribution in [2.45, 2.75) is 13.1 Å². The number of hydrogen-bond acceptors (Lipinski definition) is 3. The van der Waals surface area contributed by atoms with Crippen LogP contribution in [0.5, 0.6) is 11.5 Å². The zero-order chi connectivity index (χ0) is 16.1. The molecule has 0 aliphatic carbocycles. The molecule has 118 valence electrons. The summed E-state index contributed by atoms with van der Waals surface area (Å²) in [6, 6.07) is 7.64. The Balaban J connectivity index is 2.02. The first-order valence-corrected chi connectivity index (χ1v) is 7.39. The van der Waals surface area contributed by atoms with Crippen LogP contribution in [0, 0.1) is 11.6 Å². The molecule has 0 amide bonds. The monoisotopic (exact) mass is 371 g/mol. The number of ether oxygens (including phenoxy) is 2. The van der Waals surface area contributed by atoms with Crippen molar-refractivity contribution >= 4 is 15.9 Å². The first-order chi connectivity index (χ1) is 10.5. The van der Waals surface area contributed by atoms with Crippen molar-refractivity contribution < 1.29 is 18.3 Å². The van der Waals surface area contributed by atoms with E-state index in [1.807, 2.05) is 12.1 Å². The molecule has 2 aromatic rings. The highest BCUT2D eigenvalue weighted by Crippen LogP contribution is 2.36. The Morgan fingerprint density at radius 1 is 0.955 bits per heavy atom. The van der Waals surface area contributed by atoms with E-state index in [-0.39, 0.29) is 0 Å². The molecule has 0 saturated carbocycles. The normalized spacial score (nSPS) is 10.6.